The molecule has 0 unspecified atom stereocenters. The van der Waals surface area contributed by atoms with Gasteiger partial charge in [-0.25, -0.2) is 4.68 Å². The molecule has 1 aromatic heterocycles. The van der Waals surface area contributed by atoms with Gasteiger partial charge in [-0.1, -0.05) is 17.3 Å². The summed E-state index contributed by atoms with van der Waals surface area (Å²) in [6, 6.07) is 4.78. The first kappa shape index (κ1) is 13.2. The molecule has 2 rings (SSSR count). The Kier molecular flexibility index (Phi) is 3.07. The highest BCUT2D eigenvalue weighted by molar-refractivity contribution is 5.56. The SMILES string of the molecule is Cc1cccc([N+](=O)[O-])c1-n1cc(C(C)(C)O)nn1. The highest BCUT2D eigenvalue weighted by Gasteiger charge is 2.23. The average molecular weight is 262 g/mol. The van der Waals surface area contributed by atoms with E-state index >= 15 is 0 Å². The lowest BCUT2D eigenvalue weighted by Crippen LogP contribution is -2.15. The van der Waals surface area contributed by atoms with Crippen LogP contribution in [0.25, 0.3) is 5.69 Å². The monoisotopic (exact) mass is 262 g/mol. The first-order valence-corrected chi connectivity index (χ1v) is 5.70. The highest BCUT2D eigenvalue weighted by atomic mass is 16.6. The summed E-state index contributed by atoms with van der Waals surface area (Å²) in [5.74, 6) is 0. The number of nitro groups is 1. The van der Waals surface area contributed by atoms with Gasteiger partial charge in [-0.3, -0.25) is 10.1 Å². The van der Waals surface area contributed by atoms with Crippen molar-refractivity contribution in [3.63, 3.8) is 0 Å². The third kappa shape index (κ3) is 2.45. The van der Waals surface area contributed by atoms with E-state index in [1.165, 1.54) is 16.9 Å². The molecule has 7 nitrogen and oxygen atoms in total. The minimum absolute atomic E-state index is 0.0489. The Morgan fingerprint density at radius 2 is 2.11 bits per heavy atom. The number of nitro benzene ring substituents is 1. The van der Waals surface area contributed by atoms with Gasteiger partial charge in [0.2, 0.25) is 0 Å². The van der Waals surface area contributed by atoms with Crippen LogP contribution >= 0.6 is 0 Å². The van der Waals surface area contributed by atoms with E-state index in [2.05, 4.69) is 10.3 Å². The fraction of sp³-hybridized carbons (Fsp3) is 0.333. The van der Waals surface area contributed by atoms with Crippen LogP contribution in [0.2, 0.25) is 0 Å². The van der Waals surface area contributed by atoms with E-state index in [-0.39, 0.29) is 5.69 Å². The summed E-state index contributed by atoms with van der Waals surface area (Å²) in [6.07, 6.45) is 1.50. The molecule has 0 fully saturated rings. The van der Waals surface area contributed by atoms with Crippen molar-refractivity contribution < 1.29 is 10.0 Å². The van der Waals surface area contributed by atoms with Gasteiger partial charge in [0, 0.05) is 6.07 Å². The van der Waals surface area contributed by atoms with Gasteiger partial charge in [-0.15, -0.1) is 5.10 Å². The molecule has 0 amide bonds. The van der Waals surface area contributed by atoms with Crippen LogP contribution in [0.1, 0.15) is 25.1 Å². The molecule has 0 aliphatic rings. The summed E-state index contributed by atoms with van der Waals surface area (Å²) >= 11 is 0. The van der Waals surface area contributed by atoms with Crippen molar-refractivity contribution >= 4 is 5.69 Å². The molecule has 0 radical (unpaired) electrons. The predicted molar refractivity (Wildman–Crippen MR) is 68.0 cm³/mol. The lowest BCUT2D eigenvalue weighted by molar-refractivity contribution is -0.384. The first-order chi connectivity index (χ1) is 8.80. The lowest BCUT2D eigenvalue weighted by atomic mass is 10.1. The number of aliphatic hydroxyl groups is 1. The summed E-state index contributed by atoms with van der Waals surface area (Å²) in [5, 5.41) is 28.6. The van der Waals surface area contributed by atoms with Gasteiger partial charge >= 0.3 is 0 Å². The zero-order valence-electron chi connectivity index (χ0n) is 10.9. The van der Waals surface area contributed by atoms with E-state index in [9.17, 15) is 15.2 Å². The fourth-order valence-corrected chi connectivity index (χ4v) is 1.74. The van der Waals surface area contributed by atoms with Gasteiger partial charge < -0.3 is 5.11 Å². The van der Waals surface area contributed by atoms with Crippen LogP contribution in [0.5, 0.6) is 0 Å². The van der Waals surface area contributed by atoms with Crippen molar-refractivity contribution in [1.29, 1.82) is 0 Å². The maximum absolute atomic E-state index is 11.0. The summed E-state index contributed by atoms with van der Waals surface area (Å²) < 4.78 is 1.32. The van der Waals surface area contributed by atoms with E-state index in [1.807, 2.05) is 0 Å². The lowest BCUT2D eigenvalue weighted by Gasteiger charge is -2.12. The van der Waals surface area contributed by atoms with Crippen LogP contribution in [0.4, 0.5) is 5.69 Å². The van der Waals surface area contributed by atoms with Gasteiger partial charge in [-0.2, -0.15) is 0 Å². The smallest absolute Gasteiger partial charge is 0.295 e. The molecule has 0 saturated heterocycles. The summed E-state index contributed by atoms with van der Waals surface area (Å²) in [6.45, 7) is 4.91. The molecule has 1 heterocycles. The minimum atomic E-state index is -1.14. The largest absolute Gasteiger partial charge is 0.384 e. The van der Waals surface area contributed by atoms with Gasteiger partial charge in [0.15, 0.2) is 0 Å². The van der Waals surface area contributed by atoms with E-state index in [1.54, 1.807) is 32.9 Å². The maximum Gasteiger partial charge on any atom is 0.295 e. The minimum Gasteiger partial charge on any atom is -0.384 e. The topological polar surface area (TPSA) is 94.1 Å². The van der Waals surface area contributed by atoms with E-state index in [0.717, 1.165) is 0 Å². The molecule has 0 spiro atoms. The molecule has 0 aliphatic carbocycles. The second kappa shape index (κ2) is 4.43. The number of nitrogens with zero attached hydrogens (tertiary/aromatic N) is 4. The summed E-state index contributed by atoms with van der Waals surface area (Å²) in [5.41, 5.74) is 0.226. The fourth-order valence-electron chi connectivity index (χ4n) is 1.74. The normalized spacial score (nSPS) is 11.6. The Morgan fingerprint density at radius 3 is 2.63 bits per heavy atom. The third-order valence-corrected chi connectivity index (χ3v) is 2.76. The second-order valence-corrected chi connectivity index (χ2v) is 4.81. The van der Waals surface area contributed by atoms with Crippen LogP contribution in [0.15, 0.2) is 24.4 Å². The second-order valence-electron chi connectivity index (χ2n) is 4.81. The van der Waals surface area contributed by atoms with Crippen molar-refractivity contribution in [2.45, 2.75) is 26.4 Å². The van der Waals surface area contributed by atoms with Gasteiger partial charge in [-0.05, 0) is 26.3 Å². The standard InChI is InChI=1S/C12H14N4O3/c1-8-5-4-6-9(16(18)19)11(8)15-7-10(13-14-15)12(2,3)17/h4-7,17H,1-3H3. The Hall–Kier alpha value is -2.28. The molecule has 1 aromatic carbocycles. The molecular weight excluding hydrogens is 248 g/mol. The zero-order chi connectivity index (χ0) is 14.2. The quantitative estimate of drug-likeness (QED) is 0.671. The average Bonchev–Trinajstić information content (AvgIpc) is 2.77. The summed E-state index contributed by atoms with van der Waals surface area (Å²) in [4.78, 5) is 10.6. The molecule has 0 atom stereocenters. The molecule has 100 valence electrons. The van der Waals surface area contributed by atoms with Crippen LogP contribution in [0.3, 0.4) is 0 Å². The number of aromatic nitrogens is 3. The first-order valence-electron chi connectivity index (χ1n) is 5.70. The number of hydrogen-bond donors (Lipinski definition) is 1. The molecule has 0 bridgehead atoms. The number of rotatable bonds is 3. The number of hydrogen-bond acceptors (Lipinski definition) is 5. The molecule has 1 N–H and O–H groups in total. The van der Waals surface area contributed by atoms with E-state index < -0.39 is 10.5 Å². The van der Waals surface area contributed by atoms with Crippen molar-refractivity contribution in [3.05, 3.63) is 45.8 Å². The van der Waals surface area contributed by atoms with Crippen molar-refractivity contribution in [3.8, 4) is 5.69 Å². The Bertz CT molecular complexity index is 628. The number of para-hydroxylation sites is 1. The van der Waals surface area contributed by atoms with E-state index in [0.29, 0.717) is 16.9 Å². The van der Waals surface area contributed by atoms with E-state index in [4.69, 9.17) is 0 Å². The van der Waals surface area contributed by atoms with Crippen LogP contribution in [0, 0.1) is 17.0 Å². The molecule has 0 aliphatic heterocycles. The van der Waals surface area contributed by atoms with Gasteiger partial charge in [0.1, 0.15) is 17.0 Å². The number of aryl methyl sites for hydroxylation is 1. The maximum atomic E-state index is 11.0. The van der Waals surface area contributed by atoms with Gasteiger partial charge in [0.05, 0.1) is 11.1 Å². The molecule has 7 heteroatoms. The van der Waals surface area contributed by atoms with Gasteiger partial charge in [0.25, 0.3) is 5.69 Å². The van der Waals surface area contributed by atoms with Crippen molar-refractivity contribution in [2.24, 2.45) is 0 Å². The van der Waals surface area contributed by atoms with Crippen LogP contribution < -0.4 is 0 Å². The zero-order valence-corrected chi connectivity index (χ0v) is 10.9. The Balaban J connectivity index is 2.59. The Labute approximate surface area is 109 Å². The van der Waals surface area contributed by atoms with Crippen LogP contribution in [-0.2, 0) is 5.60 Å². The van der Waals surface area contributed by atoms with Crippen LogP contribution in [-0.4, -0.2) is 25.0 Å². The summed E-state index contributed by atoms with van der Waals surface area (Å²) in [7, 11) is 0. The Morgan fingerprint density at radius 1 is 1.42 bits per heavy atom. The van der Waals surface area contributed by atoms with Crippen molar-refractivity contribution in [1.82, 2.24) is 15.0 Å². The molecular formula is C12H14N4O3. The molecule has 19 heavy (non-hydrogen) atoms. The molecule has 0 saturated carbocycles. The third-order valence-electron chi connectivity index (χ3n) is 2.76. The number of benzene rings is 1. The molecule has 2 aromatic rings. The predicted octanol–water partition coefficient (Wildman–Crippen LogP) is 1.71. The highest BCUT2D eigenvalue weighted by Crippen LogP contribution is 2.26. The van der Waals surface area contributed by atoms with Crippen molar-refractivity contribution in [2.75, 3.05) is 0 Å².